The van der Waals surface area contributed by atoms with Crippen molar-refractivity contribution in [2.45, 2.75) is 30.5 Å². The molecule has 2 amide bonds. The predicted octanol–water partition coefficient (Wildman–Crippen LogP) is 2.12. The van der Waals surface area contributed by atoms with Crippen LogP contribution in [-0.2, 0) is 11.3 Å². The lowest BCUT2D eigenvalue weighted by atomic mass is 10.2. The maximum absolute atomic E-state index is 12.4. The van der Waals surface area contributed by atoms with E-state index in [2.05, 4.69) is 24.3 Å². The minimum absolute atomic E-state index is 0.0182. The fourth-order valence-electron chi connectivity index (χ4n) is 1.88. The maximum atomic E-state index is 12.4. The summed E-state index contributed by atoms with van der Waals surface area (Å²) in [4.78, 5) is 24.2. The molecule has 0 saturated heterocycles. The quantitative estimate of drug-likeness (QED) is 0.798. The monoisotopic (exact) mass is 318 g/mol. The van der Waals surface area contributed by atoms with Gasteiger partial charge in [0.05, 0.1) is 17.4 Å². The molecule has 0 aliphatic carbocycles. The Morgan fingerprint density at radius 2 is 2.09 bits per heavy atom. The molecule has 22 heavy (non-hydrogen) atoms. The normalized spacial score (nSPS) is 10.7. The molecule has 116 valence electrons. The van der Waals surface area contributed by atoms with Gasteiger partial charge in [0.25, 0.3) is 5.91 Å². The average Bonchev–Trinajstić information content (AvgIpc) is 2.84. The van der Waals surface area contributed by atoms with Crippen LogP contribution < -0.4 is 11.1 Å². The zero-order valence-corrected chi connectivity index (χ0v) is 13.3. The summed E-state index contributed by atoms with van der Waals surface area (Å²) in [6.45, 7) is 4.14. The van der Waals surface area contributed by atoms with Crippen molar-refractivity contribution in [1.82, 2.24) is 9.78 Å². The molecule has 0 fully saturated rings. The van der Waals surface area contributed by atoms with Gasteiger partial charge in [0.1, 0.15) is 6.54 Å². The molecule has 0 bridgehead atoms. The molecule has 1 aromatic carbocycles. The molecule has 7 heteroatoms. The smallest absolute Gasteiger partial charge is 0.256 e. The second kappa shape index (κ2) is 7.13. The van der Waals surface area contributed by atoms with Gasteiger partial charge in [-0.1, -0.05) is 26.0 Å². The standard InChI is InChI=1S/C15H18N4O2S/c1-10(2)22-13-6-4-3-5-12(13)15(21)18-11-7-17-19(8-11)9-14(16)20/h3-8,10H,9H2,1-2H3,(H2,16,20)(H,18,21). The second-order valence-electron chi connectivity index (χ2n) is 5.01. The largest absolute Gasteiger partial charge is 0.368 e. The summed E-state index contributed by atoms with van der Waals surface area (Å²) in [5, 5.41) is 7.13. The molecule has 1 heterocycles. The Labute approximate surface area is 133 Å². The fourth-order valence-corrected chi connectivity index (χ4v) is 2.84. The van der Waals surface area contributed by atoms with Crippen molar-refractivity contribution in [2.75, 3.05) is 5.32 Å². The first kappa shape index (κ1) is 16.1. The number of benzene rings is 1. The first-order valence-corrected chi connectivity index (χ1v) is 7.71. The van der Waals surface area contributed by atoms with E-state index in [-0.39, 0.29) is 12.5 Å². The van der Waals surface area contributed by atoms with Crippen molar-refractivity contribution < 1.29 is 9.59 Å². The number of thioether (sulfide) groups is 1. The van der Waals surface area contributed by atoms with E-state index in [9.17, 15) is 9.59 Å². The maximum Gasteiger partial charge on any atom is 0.256 e. The van der Waals surface area contributed by atoms with Crippen LogP contribution in [0.15, 0.2) is 41.6 Å². The van der Waals surface area contributed by atoms with Crippen LogP contribution in [0.3, 0.4) is 0 Å². The second-order valence-corrected chi connectivity index (χ2v) is 6.63. The van der Waals surface area contributed by atoms with Gasteiger partial charge in [-0.2, -0.15) is 5.10 Å². The van der Waals surface area contributed by atoms with Crippen molar-refractivity contribution in [2.24, 2.45) is 5.73 Å². The minimum Gasteiger partial charge on any atom is -0.368 e. The Balaban J connectivity index is 2.12. The fraction of sp³-hybridized carbons (Fsp3) is 0.267. The van der Waals surface area contributed by atoms with E-state index in [0.717, 1.165) is 4.90 Å². The molecule has 0 spiro atoms. The zero-order chi connectivity index (χ0) is 16.1. The van der Waals surface area contributed by atoms with E-state index in [0.29, 0.717) is 16.5 Å². The Morgan fingerprint density at radius 1 is 1.36 bits per heavy atom. The highest BCUT2D eigenvalue weighted by atomic mass is 32.2. The number of hydrogen-bond acceptors (Lipinski definition) is 4. The van der Waals surface area contributed by atoms with Gasteiger partial charge in [0.2, 0.25) is 5.91 Å². The number of hydrogen-bond donors (Lipinski definition) is 2. The number of aromatic nitrogens is 2. The number of carbonyl (C=O) groups excluding carboxylic acids is 2. The molecule has 0 atom stereocenters. The summed E-state index contributed by atoms with van der Waals surface area (Å²) < 4.78 is 1.38. The summed E-state index contributed by atoms with van der Waals surface area (Å²) >= 11 is 1.63. The summed E-state index contributed by atoms with van der Waals surface area (Å²) in [5.41, 5.74) is 6.24. The van der Waals surface area contributed by atoms with Crippen LogP contribution in [-0.4, -0.2) is 26.8 Å². The zero-order valence-electron chi connectivity index (χ0n) is 12.4. The highest BCUT2D eigenvalue weighted by Gasteiger charge is 2.13. The number of nitrogens with zero attached hydrogens (tertiary/aromatic N) is 2. The van der Waals surface area contributed by atoms with E-state index in [1.54, 1.807) is 24.0 Å². The number of primary amides is 1. The Bertz CT molecular complexity index is 682. The number of nitrogens with two attached hydrogens (primary N) is 1. The molecular weight excluding hydrogens is 300 g/mol. The van der Waals surface area contributed by atoms with Crippen LogP contribution in [0.25, 0.3) is 0 Å². The average molecular weight is 318 g/mol. The lowest BCUT2D eigenvalue weighted by Crippen LogP contribution is -2.18. The van der Waals surface area contributed by atoms with E-state index >= 15 is 0 Å². The molecule has 2 rings (SSSR count). The van der Waals surface area contributed by atoms with Crippen LogP contribution in [0, 0.1) is 0 Å². The summed E-state index contributed by atoms with van der Waals surface area (Å²) in [6, 6.07) is 7.45. The third kappa shape index (κ3) is 4.36. The summed E-state index contributed by atoms with van der Waals surface area (Å²) in [6.07, 6.45) is 3.06. The third-order valence-electron chi connectivity index (χ3n) is 2.70. The molecule has 0 aliphatic rings. The lowest BCUT2D eigenvalue weighted by molar-refractivity contribution is -0.118. The van der Waals surface area contributed by atoms with Crippen molar-refractivity contribution in [1.29, 1.82) is 0 Å². The molecule has 6 nitrogen and oxygen atoms in total. The molecule has 0 radical (unpaired) electrons. The SMILES string of the molecule is CC(C)Sc1ccccc1C(=O)Nc1cnn(CC(N)=O)c1. The van der Waals surface area contributed by atoms with Crippen LogP contribution >= 0.6 is 11.8 Å². The van der Waals surface area contributed by atoms with E-state index in [1.807, 2.05) is 18.2 Å². The van der Waals surface area contributed by atoms with Gasteiger partial charge < -0.3 is 11.1 Å². The Hall–Kier alpha value is -2.28. The minimum atomic E-state index is -0.486. The van der Waals surface area contributed by atoms with Gasteiger partial charge in [0.15, 0.2) is 0 Å². The van der Waals surface area contributed by atoms with Crippen LogP contribution in [0.1, 0.15) is 24.2 Å². The van der Waals surface area contributed by atoms with Crippen LogP contribution in [0.2, 0.25) is 0 Å². The number of carbonyl (C=O) groups is 2. The van der Waals surface area contributed by atoms with Gasteiger partial charge in [0, 0.05) is 16.3 Å². The molecule has 3 N–H and O–H groups in total. The number of nitrogens with one attached hydrogen (secondary N) is 1. The molecule has 2 aromatic rings. The van der Waals surface area contributed by atoms with E-state index in [4.69, 9.17) is 5.73 Å². The van der Waals surface area contributed by atoms with E-state index in [1.165, 1.54) is 10.9 Å². The van der Waals surface area contributed by atoms with Gasteiger partial charge in [-0.25, -0.2) is 0 Å². The van der Waals surface area contributed by atoms with Crippen molar-refractivity contribution in [3.05, 3.63) is 42.2 Å². The van der Waals surface area contributed by atoms with E-state index < -0.39 is 5.91 Å². The molecular formula is C15H18N4O2S. The van der Waals surface area contributed by atoms with Gasteiger partial charge in [-0.15, -0.1) is 11.8 Å². The first-order chi connectivity index (χ1) is 10.5. The number of anilines is 1. The highest BCUT2D eigenvalue weighted by molar-refractivity contribution is 8.00. The third-order valence-corrected chi connectivity index (χ3v) is 3.78. The van der Waals surface area contributed by atoms with Gasteiger partial charge >= 0.3 is 0 Å². The van der Waals surface area contributed by atoms with Gasteiger partial charge in [-0.3, -0.25) is 14.3 Å². The summed E-state index contributed by atoms with van der Waals surface area (Å²) in [7, 11) is 0. The lowest BCUT2D eigenvalue weighted by Gasteiger charge is -2.10. The van der Waals surface area contributed by atoms with Crippen molar-refractivity contribution >= 4 is 29.3 Å². The Morgan fingerprint density at radius 3 is 2.77 bits per heavy atom. The van der Waals surface area contributed by atoms with Gasteiger partial charge in [-0.05, 0) is 12.1 Å². The molecule has 0 aliphatic heterocycles. The summed E-state index contributed by atoms with van der Waals surface area (Å²) in [5.74, 6) is -0.693. The first-order valence-electron chi connectivity index (χ1n) is 6.83. The molecule has 0 unspecified atom stereocenters. The molecule has 0 saturated carbocycles. The van der Waals surface area contributed by atoms with Crippen molar-refractivity contribution in [3.8, 4) is 0 Å². The topological polar surface area (TPSA) is 90.0 Å². The van der Waals surface area contributed by atoms with Crippen LogP contribution in [0.5, 0.6) is 0 Å². The Kier molecular flexibility index (Phi) is 5.21. The van der Waals surface area contributed by atoms with Crippen LogP contribution in [0.4, 0.5) is 5.69 Å². The number of amides is 2. The molecule has 1 aromatic heterocycles. The van der Waals surface area contributed by atoms with Crippen molar-refractivity contribution in [3.63, 3.8) is 0 Å². The highest BCUT2D eigenvalue weighted by Crippen LogP contribution is 2.27. The number of rotatable bonds is 6. The predicted molar refractivity (Wildman–Crippen MR) is 86.8 cm³/mol.